The van der Waals surface area contributed by atoms with Crippen molar-refractivity contribution in [3.05, 3.63) is 52.0 Å². The van der Waals surface area contributed by atoms with E-state index in [4.69, 9.17) is 11.6 Å². The molecule has 1 aliphatic heterocycles. The van der Waals surface area contributed by atoms with Gasteiger partial charge in [-0.25, -0.2) is 0 Å². The highest BCUT2D eigenvalue weighted by Crippen LogP contribution is 2.39. The largest absolute Gasteiger partial charge is 0.318 e. The number of rotatable bonds is 2. The van der Waals surface area contributed by atoms with Crippen molar-refractivity contribution in [2.75, 3.05) is 5.32 Å². The Morgan fingerprint density at radius 3 is 2.57 bits per heavy atom. The van der Waals surface area contributed by atoms with Crippen molar-refractivity contribution >= 4 is 40.7 Å². The Morgan fingerprint density at radius 2 is 1.81 bits per heavy atom. The smallest absolute Gasteiger partial charge is 0.296 e. The minimum absolute atomic E-state index is 0.343. The lowest BCUT2D eigenvalue weighted by atomic mass is 10.1. The Labute approximate surface area is 131 Å². The van der Waals surface area contributed by atoms with Gasteiger partial charge in [0.2, 0.25) is 0 Å². The topological polar surface area (TPSA) is 46.2 Å². The van der Waals surface area contributed by atoms with E-state index in [-0.39, 0.29) is 0 Å². The lowest BCUT2D eigenvalue weighted by molar-refractivity contribution is -0.112. The number of amides is 1. The predicted octanol–water partition coefficient (Wildman–Crippen LogP) is 4.24. The molecule has 1 aliphatic rings. The molecule has 1 heterocycles. The van der Waals surface area contributed by atoms with Gasteiger partial charge >= 0.3 is 0 Å². The number of anilines is 1. The number of carbonyl (C=O) groups excluding carboxylic acids is 2. The van der Waals surface area contributed by atoms with Gasteiger partial charge in [-0.3, -0.25) is 9.59 Å². The monoisotopic (exact) mass is 317 g/mol. The van der Waals surface area contributed by atoms with Crippen molar-refractivity contribution in [3.63, 3.8) is 0 Å². The van der Waals surface area contributed by atoms with Gasteiger partial charge in [0.25, 0.3) is 11.7 Å². The number of ketones is 1. The summed E-state index contributed by atoms with van der Waals surface area (Å²) >= 11 is 7.78. The highest BCUT2D eigenvalue weighted by Gasteiger charge is 2.29. The van der Waals surface area contributed by atoms with Gasteiger partial charge in [0.1, 0.15) is 0 Å². The first kappa shape index (κ1) is 14.2. The normalized spacial score (nSPS) is 13.3. The van der Waals surface area contributed by atoms with Gasteiger partial charge in [-0.2, -0.15) is 0 Å². The van der Waals surface area contributed by atoms with Gasteiger partial charge in [-0.1, -0.05) is 35.5 Å². The Morgan fingerprint density at radius 1 is 1.05 bits per heavy atom. The molecule has 2 aromatic rings. The summed E-state index contributed by atoms with van der Waals surface area (Å²) in [5.74, 6) is -1.13. The van der Waals surface area contributed by atoms with Gasteiger partial charge in [0, 0.05) is 9.79 Å². The van der Waals surface area contributed by atoms with Gasteiger partial charge in [-0.05, 0) is 43.2 Å². The van der Waals surface area contributed by atoms with Gasteiger partial charge in [-0.15, -0.1) is 0 Å². The van der Waals surface area contributed by atoms with E-state index in [9.17, 15) is 9.59 Å². The molecule has 0 bridgehead atoms. The molecule has 0 radical (unpaired) electrons. The molecule has 2 aromatic carbocycles. The van der Waals surface area contributed by atoms with Crippen molar-refractivity contribution in [2.24, 2.45) is 0 Å². The molecule has 106 valence electrons. The van der Waals surface area contributed by atoms with Crippen LogP contribution in [0.2, 0.25) is 5.02 Å². The zero-order valence-corrected chi connectivity index (χ0v) is 13.1. The van der Waals surface area contributed by atoms with Crippen molar-refractivity contribution < 1.29 is 9.59 Å². The summed E-state index contributed by atoms with van der Waals surface area (Å²) in [6, 6.07) is 9.53. The van der Waals surface area contributed by atoms with Crippen LogP contribution in [0.5, 0.6) is 0 Å². The average Bonchev–Trinajstić information content (AvgIpc) is 2.70. The minimum Gasteiger partial charge on any atom is -0.318 e. The molecule has 5 heteroatoms. The van der Waals surface area contributed by atoms with Crippen LogP contribution in [0.1, 0.15) is 21.5 Å². The van der Waals surface area contributed by atoms with Crippen LogP contribution in [0.3, 0.4) is 0 Å². The van der Waals surface area contributed by atoms with Crippen LogP contribution in [0.4, 0.5) is 5.69 Å². The maximum absolute atomic E-state index is 11.6. The second-order valence-electron chi connectivity index (χ2n) is 4.98. The zero-order valence-electron chi connectivity index (χ0n) is 11.5. The van der Waals surface area contributed by atoms with Gasteiger partial charge in [0.15, 0.2) is 0 Å². The summed E-state index contributed by atoms with van der Waals surface area (Å²) in [5.41, 5.74) is 3.20. The molecule has 21 heavy (non-hydrogen) atoms. The number of nitrogens with one attached hydrogen (secondary N) is 1. The Balaban J connectivity index is 2.01. The number of halogens is 1. The molecule has 1 amide bonds. The molecule has 0 aromatic heterocycles. The molecule has 0 saturated carbocycles. The maximum Gasteiger partial charge on any atom is 0.296 e. The number of hydrogen-bond acceptors (Lipinski definition) is 3. The fourth-order valence-electron chi connectivity index (χ4n) is 2.16. The lowest BCUT2D eigenvalue weighted by Gasteiger charge is -2.09. The fraction of sp³-hybridized carbons (Fsp3) is 0.125. The molecule has 3 rings (SSSR count). The van der Waals surface area contributed by atoms with Gasteiger partial charge in [0.05, 0.1) is 16.3 Å². The van der Waals surface area contributed by atoms with E-state index in [0.717, 1.165) is 15.4 Å². The van der Waals surface area contributed by atoms with E-state index >= 15 is 0 Å². The number of benzene rings is 2. The lowest BCUT2D eigenvalue weighted by Crippen LogP contribution is -2.12. The fourth-order valence-corrected chi connectivity index (χ4v) is 3.48. The Hall–Kier alpha value is -1.78. The van der Waals surface area contributed by atoms with Crippen molar-refractivity contribution in [1.82, 2.24) is 0 Å². The molecule has 1 N–H and O–H groups in total. The van der Waals surface area contributed by atoms with E-state index in [1.807, 2.05) is 13.8 Å². The van der Waals surface area contributed by atoms with Crippen LogP contribution in [0.25, 0.3) is 0 Å². The van der Waals surface area contributed by atoms with Crippen molar-refractivity contribution in [2.45, 2.75) is 23.6 Å². The quantitative estimate of drug-likeness (QED) is 0.843. The van der Waals surface area contributed by atoms with Crippen LogP contribution in [-0.4, -0.2) is 11.7 Å². The molecule has 0 atom stereocenters. The number of Topliss-reactive ketones (excluding diaryl/α,β-unsaturated/α-hetero) is 1. The second-order valence-corrected chi connectivity index (χ2v) is 6.47. The predicted molar refractivity (Wildman–Crippen MR) is 84.5 cm³/mol. The Bertz CT molecular complexity index is 786. The molecule has 3 nitrogen and oxygen atoms in total. The SMILES string of the molecule is Cc1ccc(C)c(Sc2cc3c(cc2Cl)C(=O)C(=O)N3)c1. The minimum atomic E-state index is -0.602. The summed E-state index contributed by atoms with van der Waals surface area (Å²) in [6.45, 7) is 4.07. The molecule has 0 aliphatic carbocycles. The third kappa shape index (κ3) is 2.57. The third-order valence-electron chi connectivity index (χ3n) is 3.33. The summed E-state index contributed by atoms with van der Waals surface area (Å²) < 4.78 is 0. The van der Waals surface area contributed by atoms with Gasteiger partial charge < -0.3 is 5.32 Å². The summed E-state index contributed by atoms with van der Waals surface area (Å²) in [5, 5.41) is 3.04. The van der Waals surface area contributed by atoms with Crippen molar-refractivity contribution in [3.8, 4) is 0 Å². The number of fused-ring (bicyclic) bond motifs is 1. The molecular formula is C16H12ClNO2S. The highest BCUT2D eigenvalue weighted by molar-refractivity contribution is 7.99. The third-order valence-corrected chi connectivity index (χ3v) is 4.98. The first-order valence-corrected chi connectivity index (χ1v) is 7.59. The van der Waals surface area contributed by atoms with E-state index in [1.165, 1.54) is 17.3 Å². The average molecular weight is 318 g/mol. The number of aryl methyl sites for hydroxylation is 2. The Kier molecular flexibility index (Phi) is 3.51. The van der Waals surface area contributed by atoms with Crippen LogP contribution >= 0.6 is 23.4 Å². The zero-order chi connectivity index (χ0) is 15.1. The first-order chi connectivity index (χ1) is 9.95. The summed E-state index contributed by atoms with van der Waals surface area (Å²) in [7, 11) is 0. The molecule has 0 saturated heterocycles. The molecule has 0 fully saturated rings. The highest BCUT2D eigenvalue weighted by atomic mass is 35.5. The van der Waals surface area contributed by atoms with Crippen LogP contribution in [0, 0.1) is 13.8 Å². The number of hydrogen-bond donors (Lipinski definition) is 1. The molecule has 0 spiro atoms. The van der Waals surface area contributed by atoms with E-state index in [1.54, 1.807) is 12.1 Å². The standard InChI is InChI=1S/C16H12ClNO2S/c1-8-3-4-9(2)13(5-8)21-14-7-12-10(6-11(14)17)15(19)16(20)18-12/h3-7H,1-2H3,(H,18,19,20). The van der Waals surface area contributed by atoms with Crippen LogP contribution in [-0.2, 0) is 4.79 Å². The molecule has 0 unspecified atom stereocenters. The van der Waals surface area contributed by atoms with Crippen LogP contribution < -0.4 is 5.32 Å². The van der Waals surface area contributed by atoms with E-state index < -0.39 is 11.7 Å². The first-order valence-electron chi connectivity index (χ1n) is 6.40. The summed E-state index contributed by atoms with van der Waals surface area (Å²) in [6.07, 6.45) is 0. The maximum atomic E-state index is 11.6. The summed E-state index contributed by atoms with van der Waals surface area (Å²) in [4.78, 5) is 25.0. The number of carbonyl (C=O) groups is 2. The van der Waals surface area contributed by atoms with Crippen molar-refractivity contribution in [1.29, 1.82) is 0 Å². The van der Waals surface area contributed by atoms with E-state index in [0.29, 0.717) is 16.3 Å². The second kappa shape index (κ2) is 5.20. The molecular weight excluding hydrogens is 306 g/mol. The van der Waals surface area contributed by atoms with Crippen LogP contribution in [0.15, 0.2) is 40.1 Å². The van der Waals surface area contributed by atoms with E-state index in [2.05, 4.69) is 23.5 Å².